The van der Waals surface area contributed by atoms with Gasteiger partial charge in [-0.05, 0) is 18.2 Å². The van der Waals surface area contributed by atoms with Crippen LogP contribution in [0.1, 0.15) is 10.4 Å². The van der Waals surface area contributed by atoms with Crippen LogP contribution in [0.2, 0.25) is 0 Å². The van der Waals surface area contributed by atoms with Gasteiger partial charge >= 0.3 is 5.97 Å². The Morgan fingerprint density at radius 2 is 1.59 bits per heavy atom. The minimum atomic E-state index is -1.13. The molecule has 0 spiro atoms. The average molecular weight is 234 g/mol. The lowest BCUT2D eigenvalue weighted by atomic mass is 10.1. The van der Waals surface area contributed by atoms with Crippen LogP contribution in [0.25, 0.3) is 10.8 Å². The number of carbonyl (C=O) groups is 1. The van der Waals surface area contributed by atoms with Crippen LogP contribution < -0.4 is 11.1 Å². The van der Waals surface area contributed by atoms with E-state index in [1.807, 2.05) is 0 Å². The van der Waals surface area contributed by atoms with Crippen LogP contribution in [-0.2, 0) is 14.1 Å². The monoisotopic (exact) mass is 234 g/mol. The second kappa shape index (κ2) is 3.58. The van der Waals surface area contributed by atoms with Gasteiger partial charge in [0.25, 0.3) is 11.1 Å². The topological polar surface area (TPSA) is 81.3 Å². The first-order valence-electron chi connectivity index (χ1n) is 4.87. The molecule has 0 bridgehead atoms. The van der Waals surface area contributed by atoms with Gasteiger partial charge in [-0.2, -0.15) is 0 Å². The first-order valence-corrected chi connectivity index (χ1v) is 4.87. The number of aromatic nitrogens is 2. The van der Waals surface area contributed by atoms with Crippen LogP contribution in [0, 0.1) is 0 Å². The van der Waals surface area contributed by atoms with Gasteiger partial charge in [-0.1, -0.05) is 0 Å². The maximum Gasteiger partial charge on any atom is 0.335 e. The molecule has 6 nitrogen and oxygen atoms in total. The number of benzene rings is 1. The highest BCUT2D eigenvalue weighted by Crippen LogP contribution is 2.08. The molecule has 0 saturated carbocycles. The Morgan fingerprint density at radius 1 is 1.06 bits per heavy atom. The quantitative estimate of drug-likeness (QED) is 0.749. The molecule has 1 N–H and O–H groups in total. The lowest BCUT2D eigenvalue weighted by Crippen LogP contribution is -2.35. The third-order valence-corrected chi connectivity index (χ3v) is 2.77. The lowest BCUT2D eigenvalue weighted by molar-refractivity contribution is 0.0697. The molecule has 2 rings (SSSR count). The van der Waals surface area contributed by atoms with Crippen molar-refractivity contribution < 1.29 is 9.90 Å². The minimum absolute atomic E-state index is 0.0112. The second-order valence-corrected chi connectivity index (χ2v) is 3.72. The molecule has 0 fully saturated rings. The van der Waals surface area contributed by atoms with Gasteiger partial charge < -0.3 is 5.11 Å². The van der Waals surface area contributed by atoms with Gasteiger partial charge in [-0.25, -0.2) is 4.79 Å². The molecule has 17 heavy (non-hydrogen) atoms. The van der Waals surface area contributed by atoms with Crippen molar-refractivity contribution in [3.05, 3.63) is 44.5 Å². The fraction of sp³-hybridized carbons (Fsp3) is 0.182. The highest BCUT2D eigenvalue weighted by molar-refractivity contribution is 5.93. The molecule has 1 heterocycles. The third-order valence-electron chi connectivity index (χ3n) is 2.77. The van der Waals surface area contributed by atoms with Gasteiger partial charge in [0.15, 0.2) is 0 Å². The normalized spacial score (nSPS) is 10.7. The zero-order valence-electron chi connectivity index (χ0n) is 9.30. The van der Waals surface area contributed by atoms with E-state index in [-0.39, 0.29) is 21.9 Å². The maximum atomic E-state index is 11.9. The van der Waals surface area contributed by atoms with Crippen molar-refractivity contribution in [2.75, 3.05) is 0 Å². The van der Waals surface area contributed by atoms with E-state index in [0.29, 0.717) is 0 Å². The summed E-state index contributed by atoms with van der Waals surface area (Å²) >= 11 is 0. The molecule has 0 radical (unpaired) electrons. The molecule has 1 aromatic carbocycles. The van der Waals surface area contributed by atoms with E-state index in [0.717, 1.165) is 4.68 Å². The first-order chi connectivity index (χ1) is 7.93. The van der Waals surface area contributed by atoms with Crippen LogP contribution in [0.4, 0.5) is 0 Å². The van der Waals surface area contributed by atoms with Crippen LogP contribution >= 0.6 is 0 Å². The number of nitrogens with zero attached hydrogens (tertiary/aromatic N) is 2. The van der Waals surface area contributed by atoms with Crippen molar-refractivity contribution in [3.8, 4) is 0 Å². The van der Waals surface area contributed by atoms with Crippen molar-refractivity contribution >= 4 is 16.7 Å². The molecule has 6 heteroatoms. The molecule has 0 amide bonds. The molecule has 88 valence electrons. The Balaban J connectivity index is 3.02. The molecule has 2 aromatic rings. The van der Waals surface area contributed by atoms with E-state index in [9.17, 15) is 14.4 Å². The molecule has 0 atom stereocenters. The number of fused-ring (bicyclic) bond motifs is 1. The Labute approximate surface area is 95.3 Å². The van der Waals surface area contributed by atoms with Crippen molar-refractivity contribution in [3.63, 3.8) is 0 Å². The van der Waals surface area contributed by atoms with Crippen LogP contribution in [0.3, 0.4) is 0 Å². The predicted molar refractivity (Wildman–Crippen MR) is 61.4 cm³/mol. The average Bonchev–Trinajstić information content (AvgIpc) is 2.32. The fourth-order valence-electron chi connectivity index (χ4n) is 1.66. The highest BCUT2D eigenvalue weighted by Gasteiger charge is 2.11. The number of carboxylic acids is 1. The van der Waals surface area contributed by atoms with E-state index in [1.165, 1.54) is 37.0 Å². The molecular formula is C11H10N2O4. The highest BCUT2D eigenvalue weighted by atomic mass is 16.4. The largest absolute Gasteiger partial charge is 0.478 e. The molecule has 0 aliphatic heterocycles. The number of rotatable bonds is 1. The van der Waals surface area contributed by atoms with E-state index < -0.39 is 11.5 Å². The minimum Gasteiger partial charge on any atom is -0.478 e. The Bertz CT molecular complexity index is 739. The molecule has 0 unspecified atom stereocenters. The molecule has 0 saturated heterocycles. The number of aromatic carboxylic acids is 1. The van der Waals surface area contributed by atoms with Gasteiger partial charge in [-0.15, -0.1) is 0 Å². The van der Waals surface area contributed by atoms with E-state index in [2.05, 4.69) is 0 Å². The zero-order valence-corrected chi connectivity index (χ0v) is 9.30. The summed E-state index contributed by atoms with van der Waals surface area (Å²) in [6, 6.07) is 3.90. The van der Waals surface area contributed by atoms with Crippen molar-refractivity contribution in [2.24, 2.45) is 14.1 Å². The number of hydrogen-bond acceptors (Lipinski definition) is 3. The Kier molecular flexibility index (Phi) is 2.35. The van der Waals surface area contributed by atoms with E-state index >= 15 is 0 Å². The summed E-state index contributed by atoms with van der Waals surface area (Å²) in [5, 5.41) is 9.18. The van der Waals surface area contributed by atoms with Crippen LogP contribution in [-0.4, -0.2) is 20.4 Å². The predicted octanol–water partition coefficient (Wildman–Crippen LogP) is -0.0646. The van der Waals surface area contributed by atoms with Gasteiger partial charge in [0, 0.05) is 14.1 Å². The second-order valence-electron chi connectivity index (χ2n) is 3.72. The van der Waals surface area contributed by atoms with E-state index in [1.54, 1.807) is 0 Å². The first kappa shape index (κ1) is 11.1. The van der Waals surface area contributed by atoms with E-state index in [4.69, 9.17) is 5.11 Å². The summed E-state index contributed by atoms with van der Waals surface area (Å²) in [6.07, 6.45) is 0. The van der Waals surface area contributed by atoms with Crippen LogP contribution in [0.15, 0.2) is 27.8 Å². The van der Waals surface area contributed by atoms with Gasteiger partial charge in [0.05, 0.1) is 16.3 Å². The lowest BCUT2D eigenvalue weighted by Gasteiger charge is -2.08. The zero-order chi connectivity index (χ0) is 12.7. The summed E-state index contributed by atoms with van der Waals surface area (Å²) in [5.41, 5.74) is -0.743. The third kappa shape index (κ3) is 1.54. The van der Waals surface area contributed by atoms with Gasteiger partial charge in [0.2, 0.25) is 0 Å². The van der Waals surface area contributed by atoms with Crippen molar-refractivity contribution in [2.45, 2.75) is 0 Å². The summed E-state index contributed by atoms with van der Waals surface area (Å²) in [4.78, 5) is 34.5. The summed E-state index contributed by atoms with van der Waals surface area (Å²) in [6.45, 7) is 0. The Morgan fingerprint density at radius 3 is 2.12 bits per heavy atom. The standard InChI is InChI=1S/C11H10N2O4/c1-12-9(14)7-4-3-6(11(16)17)5-8(7)10(15)13(12)2/h3-5H,1-2H3,(H,16,17). The number of hydrogen-bond donors (Lipinski definition) is 1. The molecular weight excluding hydrogens is 224 g/mol. The smallest absolute Gasteiger partial charge is 0.335 e. The van der Waals surface area contributed by atoms with Crippen molar-refractivity contribution in [1.29, 1.82) is 0 Å². The number of carboxylic acid groups (broad SMARTS) is 1. The molecule has 1 aromatic heterocycles. The maximum absolute atomic E-state index is 11.9. The summed E-state index contributed by atoms with van der Waals surface area (Å²) in [5.74, 6) is -1.13. The molecule has 0 aliphatic rings. The van der Waals surface area contributed by atoms with Crippen molar-refractivity contribution in [1.82, 2.24) is 9.36 Å². The summed E-state index contributed by atoms with van der Waals surface area (Å²) in [7, 11) is 2.94. The Hall–Kier alpha value is -2.37. The molecule has 0 aliphatic carbocycles. The summed E-state index contributed by atoms with van der Waals surface area (Å²) < 4.78 is 2.33. The van der Waals surface area contributed by atoms with Gasteiger partial charge in [0.1, 0.15) is 0 Å². The SMILES string of the molecule is Cn1c(=O)c2ccc(C(=O)O)cc2c(=O)n1C. The van der Waals surface area contributed by atoms with Crippen LogP contribution in [0.5, 0.6) is 0 Å². The van der Waals surface area contributed by atoms with Gasteiger partial charge in [-0.3, -0.25) is 19.0 Å². The fourth-order valence-corrected chi connectivity index (χ4v) is 1.66.